The summed E-state index contributed by atoms with van der Waals surface area (Å²) in [5.74, 6) is 5.35. The number of anilines is 1. The van der Waals surface area contributed by atoms with Crippen LogP contribution in [0.2, 0.25) is 0 Å². The molecule has 0 aliphatic carbocycles. The molecule has 1 rings (SSSR count). The number of carbonyl (C=O) groups is 1. The van der Waals surface area contributed by atoms with Crippen LogP contribution in [-0.2, 0) is 0 Å². The van der Waals surface area contributed by atoms with Gasteiger partial charge in [-0.2, -0.15) is 0 Å². The smallest absolute Gasteiger partial charge is 0.253 e. The van der Waals surface area contributed by atoms with Crippen LogP contribution in [0, 0.1) is 6.92 Å². The number of benzene rings is 1. The predicted octanol–water partition coefficient (Wildman–Crippen LogP) is 2.59. The highest BCUT2D eigenvalue weighted by Crippen LogP contribution is 2.16. The Bertz CT molecular complexity index is 404. The summed E-state index contributed by atoms with van der Waals surface area (Å²) in [6.07, 6.45) is 3.26. The molecule has 0 saturated carbocycles. The van der Waals surface area contributed by atoms with Crippen LogP contribution < -0.4 is 16.6 Å². The minimum absolute atomic E-state index is 0.0738. The van der Waals surface area contributed by atoms with Gasteiger partial charge in [0.2, 0.25) is 0 Å². The Morgan fingerprint density at radius 1 is 1.44 bits per heavy atom. The summed E-state index contributed by atoms with van der Waals surface area (Å²) in [5, 5.41) is 3.00. The molecule has 18 heavy (non-hydrogen) atoms. The van der Waals surface area contributed by atoms with Crippen LogP contribution in [0.4, 0.5) is 5.69 Å². The van der Waals surface area contributed by atoms with Crippen LogP contribution in [0.25, 0.3) is 0 Å². The van der Waals surface area contributed by atoms with Crippen molar-refractivity contribution in [1.82, 2.24) is 5.32 Å². The summed E-state index contributed by atoms with van der Waals surface area (Å²) in [5.41, 5.74) is 4.85. The number of amides is 1. The van der Waals surface area contributed by atoms with Gasteiger partial charge in [-0.05, 0) is 32.4 Å². The Morgan fingerprint density at radius 3 is 2.78 bits per heavy atom. The van der Waals surface area contributed by atoms with Gasteiger partial charge in [0, 0.05) is 6.04 Å². The third kappa shape index (κ3) is 4.04. The van der Waals surface area contributed by atoms with Gasteiger partial charge in [-0.1, -0.05) is 31.4 Å². The number of rotatable bonds is 6. The van der Waals surface area contributed by atoms with Gasteiger partial charge in [0.05, 0.1) is 11.3 Å². The maximum Gasteiger partial charge on any atom is 0.253 e. The minimum atomic E-state index is -0.0738. The van der Waals surface area contributed by atoms with E-state index in [1.165, 1.54) is 0 Å². The zero-order valence-corrected chi connectivity index (χ0v) is 11.4. The van der Waals surface area contributed by atoms with E-state index in [9.17, 15) is 4.79 Å². The molecule has 1 aromatic carbocycles. The second-order valence-corrected chi connectivity index (χ2v) is 4.71. The number of hydrogen-bond donors (Lipinski definition) is 3. The summed E-state index contributed by atoms with van der Waals surface area (Å²) in [6.45, 7) is 6.13. The molecule has 4 nitrogen and oxygen atoms in total. The van der Waals surface area contributed by atoms with Gasteiger partial charge in [0.1, 0.15) is 0 Å². The largest absolute Gasteiger partial charge is 0.350 e. The maximum absolute atomic E-state index is 12.1. The van der Waals surface area contributed by atoms with E-state index in [1.54, 1.807) is 0 Å². The quantitative estimate of drug-likeness (QED) is 0.536. The van der Waals surface area contributed by atoms with Crippen LogP contribution in [0.3, 0.4) is 0 Å². The summed E-state index contributed by atoms with van der Waals surface area (Å²) in [7, 11) is 0. The lowest BCUT2D eigenvalue weighted by Crippen LogP contribution is -2.33. The van der Waals surface area contributed by atoms with Crippen molar-refractivity contribution in [3.63, 3.8) is 0 Å². The van der Waals surface area contributed by atoms with E-state index in [0.29, 0.717) is 11.3 Å². The summed E-state index contributed by atoms with van der Waals surface area (Å²) in [6, 6.07) is 5.77. The highest BCUT2D eigenvalue weighted by atomic mass is 16.1. The number of hydrazine groups is 1. The second kappa shape index (κ2) is 7.01. The van der Waals surface area contributed by atoms with Crippen molar-refractivity contribution in [2.45, 2.75) is 46.1 Å². The molecular formula is C14H23N3O. The van der Waals surface area contributed by atoms with Gasteiger partial charge < -0.3 is 10.7 Å². The van der Waals surface area contributed by atoms with Gasteiger partial charge in [-0.25, -0.2) is 0 Å². The van der Waals surface area contributed by atoms with Crippen LogP contribution in [-0.4, -0.2) is 11.9 Å². The molecule has 0 fully saturated rings. The first-order chi connectivity index (χ1) is 8.58. The Hall–Kier alpha value is -1.55. The lowest BCUT2D eigenvalue weighted by atomic mass is 10.1. The first kappa shape index (κ1) is 14.5. The Morgan fingerprint density at radius 2 is 2.17 bits per heavy atom. The normalized spacial score (nSPS) is 12.0. The van der Waals surface area contributed by atoms with Crippen molar-refractivity contribution >= 4 is 11.6 Å². The monoisotopic (exact) mass is 249 g/mol. The first-order valence-electron chi connectivity index (χ1n) is 6.46. The van der Waals surface area contributed by atoms with Crippen LogP contribution in [0.15, 0.2) is 18.2 Å². The molecule has 1 aromatic rings. The van der Waals surface area contributed by atoms with Crippen molar-refractivity contribution in [1.29, 1.82) is 0 Å². The van der Waals surface area contributed by atoms with Gasteiger partial charge in [-0.15, -0.1) is 0 Å². The van der Waals surface area contributed by atoms with Crippen LogP contribution in [0.1, 0.15) is 49.0 Å². The lowest BCUT2D eigenvalue weighted by Gasteiger charge is -2.15. The number of nitrogens with one attached hydrogen (secondary N) is 2. The van der Waals surface area contributed by atoms with Crippen molar-refractivity contribution in [3.05, 3.63) is 29.3 Å². The fourth-order valence-corrected chi connectivity index (χ4v) is 1.86. The number of hydrogen-bond acceptors (Lipinski definition) is 3. The molecule has 0 heterocycles. The number of aryl methyl sites for hydroxylation is 1. The second-order valence-electron chi connectivity index (χ2n) is 4.71. The zero-order chi connectivity index (χ0) is 13.5. The molecule has 0 bridgehead atoms. The molecule has 1 unspecified atom stereocenters. The molecule has 1 atom stereocenters. The van der Waals surface area contributed by atoms with E-state index in [0.717, 1.165) is 24.8 Å². The van der Waals surface area contributed by atoms with E-state index in [1.807, 2.05) is 32.0 Å². The number of unbranched alkanes of at least 4 members (excludes halogenated alkanes) is 1. The fraction of sp³-hybridized carbons (Fsp3) is 0.500. The Kier molecular flexibility index (Phi) is 5.65. The third-order valence-electron chi connectivity index (χ3n) is 2.94. The van der Waals surface area contributed by atoms with Gasteiger partial charge in [0.15, 0.2) is 0 Å². The molecule has 4 heteroatoms. The zero-order valence-electron chi connectivity index (χ0n) is 11.4. The van der Waals surface area contributed by atoms with Crippen LogP contribution in [0.5, 0.6) is 0 Å². The molecule has 4 N–H and O–H groups in total. The first-order valence-corrected chi connectivity index (χ1v) is 6.46. The van der Waals surface area contributed by atoms with E-state index in [2.05, 4.69) is 17.7 Å². The van der Waals surface area contributed by atoms with Crippen molar-refractivity contribution in [2.75, 3.05) is 5.43 Å². The molecule has 0 spiro atoms. The van der Waals surface area contributed by atoms with Gasteiger partial charge in [-0.3, -0.25) is 10.6 Å². The Balaban J connectivity index is 2.74. The van der Waals surface area contributed by atoms with E-state index < -0.39 is 0 Å². The minimum Gasteiger partial charge on any atom is -0.350 e. The van der Waals surface area contributed by atoms with Crippen molar-refractivity contribution < 1.29 is 4.79 Å². The predicted molar refractivity (Wildman–Crippen MR) is 75.4 cm³/mol. The molecule has 0 aromatic heterocycles. The van der Waals surface area contributed by atoms with Crippen molar-refractivity contribution in [3.8, 4) is 0 Å². The number of nitrogens with two attached hydrogens (primary N) is 1. The van der Waals surface area contributed by atoms with E-state index in [4.69, 9.17) is 5.84 Å². The topological polar surface area (TPSA) is 67.2 Å². The molecule has 0 saturated heterocycles. The molecule has 0 aliphatic rings. The third-order valence-corrected chi connectivity index (χ3v) is 2.94. The molecule has 1 amide bonds. The number of nitrogen functional groups attached to an aromatic ring is 1. The highest BCUT2D eigenvalue weighted by Gasteiger charge is 2.13. The van der Waals surface area contributed by atoms with Gasteiger partial charge in [0.25, 0.3) is 5.91 Å². The molecular weight excluding hydrogens is 226 g/mol. The standard InChI is InChI=1S/C14H23N3O/c1-4-5-6-11(3)16-14(18)12-9-10(2)7-8-13(12)17-15/h7-9,11,17H,4-6,15H2,1-3H3,(H,16,18). The van der Waals surface area contributed by atoms with E-state index >= 15 is 0 Å². The van der Waals surface area contributed by atoms with Crippen molar-refractivity contribution in [2.24, 2.45) is 5.84 Å². The lowest BCUT2D eigenvalue weighted by molar-refractivity contribution is 0.0938. The summed E-state index contributed by atoms with van der Waals surface area (Å²) >= 11 is 0. The average molecular weight is 249 g/mol. The Labute approximate surface area is 109 Å². The van der Waals surface area contributed by atoms with E-state index in [-0.39, 0.29) is 11.9 Å². The average Bonchev–Trinajstić information content (AvgIpc) is 2.36. The maximum atomic E-state index is 12.1. The molecule has 0 radical (unpaired) electrons. The fourth-order valence-electron chi connectivity index (χ4n) is 1.86. The van der Waals surface area contributed by atoms with Gasteiger partial charge >= 0.3 is 0 Å². The molecule has 100 valence electrons. The SMILES string of the molecule is CCCCC(C)NC(=O)c1cc(C)ccc1NN. The highest BCUT2D eigenvalue weighted by molar-refractivity contribution is 5.99. The summed E-state index contributed by atoms with van der Waals surface area (Å²) < 4.78 is 0. The molecule has 0 aliphatic heterocycles. The van der Waals surface area contributed by atoms with Crippen LogP contribution >= 0.6 is 0 Å². The number of carbonyl (C=O) groups excluding carboxylic acids is 1. The summed E-state index contributed by atoms with van der Waals surface area (Å²) in [4.78, 5) is 12.1.